The molecular weight excluding hydrogens is 297 g/mol. The highest BCUT2D eigenvalue weighted by Gasteiger charge is 2.25. The third-order valence-electron chi connectivity index (χ3n) is 2.08. The fourth-order valence-electron chi connectivity index (χ4n) is 1.33. The third-order valence-corrected chi connectivity index (χ3v) is 2.78. The molecule has 0 saturated carbocycles. The fraction of sp³-hybridized carbons (Fsp3) is 0.300. The molecule has 4 nitrogen and oxygen atoms in total. The Bertz CT molecular complexity index is 434. The van der Waals surface area contributed by atoms with Gasteiger partial charge in [-0.05, 0) is 12.5 Å². The molecule has 0 aliphatic carbocycles. The number of carbonyl (C=O) groups is 1. The summed E-state index contributed by atoms with van der Waals surface area (Å²) in [5.74, 6) is -0.259. The molecule has 1 aromatic carbocycles. The van der Waals surface area contributed by atoms with Crippen molar-refractivity contribution in [2.75, 3.05) is 0 Å². The highest BCUT2D eigenvalue weighted by Crippen LogP contribution is 2.26. The lowest BCUT2D eigenvalue weighted by atomic mass is 10.0. The highest BCUT2D eigenvalue weighted by molar-refractivity contribution is 9.10. The molecule has 0 aliphatic heterocycles. The summed E-state index contributed by atoms with van der Waals surface area (Å²) in [5.41, 5.74) is 0.369. The molecule has 0 amide bonds. The van der Waals surface area contributed by atoms with Crippen LogP contribution in [0.2, 0.25) is 0 Å². The van der Waals surface area contributed by atoms with Gasteiger partial charge in [-0.2, -0.15) is 0 Å². The fourth-order valence-corrected chi connectivity index (χ4v) is 1.79. The number of Topliss-reactive ketones (excluding diaryl/α,β-unsaturated/α-hetero) is 1. The van der Waals surface area contributed by atoms with Crippen LogP contribution in [-0.4, -0.2) is 15.5 Å². The van der Waals surface area contributed by atoms with Gasteiger partial charge in [-0.15, -0.1) is 11.6 Å². The summed E-state index contributed by atoms with van der Waals surface area (Å²) in [6.45, 7) is 1.62. The first-order valence-electron chi connectivity index (χ1n) is 4.49. The number of rotatable bonds is 4. The van der Waals surface area contributed by atoms with Gasteiger partial charge in [0, 0.05) is 11.9 Å². The van der Waals surface area contributed by atoms with Gasteiger partial charge in [0.15, 0.2) is 5.78 Å². The minimum Gasteiger partial charge on any atom is -0.293 e. The smallest absolute Gasteiger partial charge is 0.280 e. The van der Waals surface area contributed by atoms with Crippen molar-refractivity contribution in [1.29, 1.82) is 0 Å². The molecule has 1 atom stereocenters. The summed E-state index contributed by atoms with van der Waals surface area (Å²) in [7, 11) is 0. The summed E-state index contributed by atoms with van der Waals surface area (Å²) < 4.78 is 0. The second-order valence-corrected chi connectivity index (χ2v) is 4.82. The summed E-state index contributed by atoms with van der Waals surface area (Å²) in [4.78, 5) is 21.6. The van der Waals surface area contributed by atoms with Gasteiger partial charge < -0.3 is 0 Å². The predicted molar refractivity (Wildman–Crippen MR) is 65.4 cm³/mol. The van der Waals surface area contributed by atoms with Crippen molar-refractivity contribution in [1.82, 2.24) is 0 Å². The Kier molecular flexibility index (Phi) is 4.44. The van der Waals surface area contributed by atoms with E-state index in [1.807, 2.05) is 0 Å². The zero-order valence-corrected chi connectivity index (χ0v) is 10.8. The maximum atomic E-state index is 11.8. The molecule has 0 bridgehead atoms. The first-order chi connectivity index (χ1) is 7.49. The van der Waals surface area contributed by atoms with E-state index in [0.717, 1.165) is 0 Å². The molecule has 0 radical (unpaired) electrons. The van der Waals surface area contributed by atoms with Crippen molar-refractivity contribution in [3.05, 3.63) is 39.4 Å². The Balaban J connectivity index is 3.42. The molecule has 0 N–H and O–H groups in total. The molecule has 1 aromatic rings. The molecule has 0 aliphatic rings. The number of nitrogens with zero attached hydrogens (tertiary/aromatic N) is 1. The average molecular weight is 307 g/mol. The molecule has 0 heterocycles. The minimum atomic E-state index is -0.571. The topological polar surface area (TPSA) is 60.2 Å². The largest absolute Gasteiger partial charge is 0.293 e. The van der Waals surface area contributed by atoms with Crippen molar-refractivity contribution >= 4 is 39.0 Å². The minimum absolute atomic E-state index is 0.0719. The van der Waals surface area contributed by atoms with Crippen molar-refractivity contribution in [3.8, 4) is 0 Å². The van der Waals surface area contributed by atoms with Crippen LogP contribution in [0.25, 0.3) is 0 Å². The first-order valence-corrected chi connectivity index (χ1v) is 5.94. The quantitative estimate of drug-likeness (QED) is 0.371. The van der Waals surface area contributed by atoms with Gasteiger partial charge in [0.05, 0.1) is 9.75 Å². The maximum absolute atomic E-state index is 11.8. The number of halogens is 2. The number of hydrogen-bond acceptors (Lipinski definition) is 3. The number of benzene rings is 1. The van der Waals surface area contributed by atoms with Gasteiger partial charge >= 0.3 is 0 Å². The van der Waals surface area contributed by atoms with Crippen LogP contribution >= 0.6 is 27.5 Å². The zero-order chi connectivity index (χ0) is 12.3. The third kappa shape index (κ3) is 2.59. The summed E-state index contributed by atoms with van der Waals surface area (Å²) >= 11 is 8.78. The van der Waals surface area contributed by atoms with Gasteiger partial charge in [-0.1, -0.05) is 28.1 Å². The second-order valence-electron chi connectivity index (χ2n) is 3.18. The van der Waals surface area contributed by atoms with Crippen molar-refractivity contribution in [3.63, 3.8) is 0 Å². The van der Waals surface area contributed by atoms with E-state index < -0.39 is 9.75 Å². The number of alkyl halides is 2. The maximum Gasteiger partial charge on any atom is 0.280 e. The Labute approximate surface area is 106 Å². The van der Waals surface area contributed by atoms with E-state index in [1.54, 1.807) is 13.0 Å². The molecule has 0 spiro atoms. The SMILES string of the molecule is CC(Br)C(=O)c1c(CCl)cccc1[N+](=O)[O-]. The number of nitro benzene ring substituents is 1. The molecule has 0 aromatic heterocycles. The Morgan fingerprint density at radius 3 is 2.69 bits per heavy atom. The van der Waals surface area contributed by atoms with Crippen LogP contribution in [-0.2, 0) is 5.88 Å². The van der Waals surface area contributed by atoms with Crippen LogP contribution < -0.4 is 0 Å². The van der Waals surface area contributed by atoms with Crippen molar-refractivity contribution < 1.29 is 9.72 Å². The van der Waals surface area contributed by atoms with Crippen LogP contribution in [0.15, 0.2) is 18.2 Å². The van der Waals surface area contributed by atoms with Crippen LogP contribution in [0, 0.1) is 10.1 Å². The van der Waals surface area contributed by atoms with E-state index >= 15 is 0 Å². The summed E-state index contributed by atoms with van der Waals surface area (Å²) in [6.07, 6.45) is 0. The molecular formula is C10H9BrClNO3. The van der Waals surface area contributed by atoms with Crippen molar-refractivity contribution in [2.24, 2.45) is 0 Å². The van der Waals surface area contributed by atoms with E-state index in [2.05, 4.69) is 15.9 Å². The Morgan fingerprint density at radius 2 is 2.25 bits per heavy atom. The zero-order valence-electron chi connectivity index (χ0n) is 8.44. The molecule has 0 fully saturated rings. The van der Waals surface area contributed by atoms with Gasteiger partial charge in [0.25, 0.3) is 5.69 Å². The van der Waals surface area contributed by atoms with E-state index in [-0.39, 0.29) is 22.9 Å². The number of ketones is 1. The average Bonchev–Trinajstić information content (AvgIpc) is 2.26. The Morgan fingerprint density at radius 1 is 1.62 bits per heavy atom. The van der Waals surface area contributed by atoms with Gasteiger partial charge in [0.1, 0.15) is 5.56 Å². The molecule has 16 heavy (non-hydrogen) atoms. The molecule has 6 heteroatoms. The Hall–Kier alpha value is -0.940. The van der Waals surface area contributed by atoms with Crippen LogP contribution in [0.5, 0.6) is 0 Å². The monoisotopic (exact) mass is 305 g/mol. The van der Waals surface area contributed by atoms with E-state index in [1.165, 1.54) is 12.1 Å². The van der Waals surface area contributed by atoms with Gasteiger partial charge in [0.2, 0.25) is 0 Å². The second kappa shape index (κ2) is 5.41. The lowest BCUT2D eigenvalue weighted by molar-refractivity contribution is -0.385. The highest BCUT2D eigenvalue weighted by atomic mass is 79.9. The number of carbonyl (C=O) groups excluding carboxylic acids is 1. The normalized spacial score (nSPS) is 12.2. The number of hydrogen-bond donors (Lipinski definition) is 0. The van der Waals surface area contributed by atoms with Gasteiger partial charge in [-0.3, -0.25) is 14.9 Å². The van der Waals surface area contributed by atoms with Crippen LogP contribution in [0.4, 0.5) is 5.69 Å². The molecule has 1 rings (SSSR count). The first kappa shape index (κ1) is 13.1. The van der Waals surface area contributed by atoms with E-state index in [4.69, 9.17) is 11.6 Å². The molecule has 1 unspecified atom stereocenters. The predicted octanol–water partition coefficient (Wildman–Crippen LogP) is 3.30. The van der Waals surface area contributed by atoms with E-state index in [9.17, 15) is 14.9 Å². The van der Waals surface area contributed by atoms with Gasteiger partial charge in [-0.25, -0.2) is 0 Å². The molecule has 86 valence electrons. The van der Waals surface area contributed by atoms with E-state index in [0.29, 0.717) is 5.56 Å². The van der Waals surface area contributed by atoms with Crippen LogP contribution in [0.3, 0.4) is 0 Å². The standard InChI is InChI=1S/C10H9BrClNO3/c1-6(11)10(14)9-7(5-12)3-2-4-8(9)13(15)16/h2-4,6H,5H2,1H3. The number of nitro groups is 1. The molecule has 0 saturated heterocycles. The van der Waals surface area contributed by atoms with Crippen molar-refractivity contribution in [2.45, 2.75) is 17.6 Å². The summed E-state index contributed by atoms with van der Waals surface area (Å²) in [6, 6.07) is 4.44. The lowest BCUT2D eigenvalue weighted by Crippen LogP contribution is -2.14. The lowest BCUT2D eigenvalue weighted by Gasteiger charge is -2.08. The van der Waals surface area contributed by atoms with Crippen LogP contribution in [0.1, 0.15) is 22.8 Å². The summed E-state index contributed by atoms with van der Waals surface area (Å²) in [5, 5.41) is 10.8.